The van der Waals surface area contributed by atoms with Gasteiger partial charge in [0.25, 0.3) is 5.91 Å². The van der Waals surface area contributed by atoms with E-state index in [0.29, 0.717) is 37.4 Å². The molecule has 2 saturated heterocycles. The molecular weight excluding hydrogens is 550 g/mol. The molecule has 15 nitrogen and oxygen atoms in total. The molecule has 11 atom stereocenters. The number of likely N-dealkylation sites (N-methyl/N-ethyl adjacent to an activating group) is 1. The first-order chi connectivity index (χ1) is 20.1. The first kappa shape index (κ1) is 33.2. The van der Waals surface area contributed by atoms with Gasteiger partial charge in [0, 0.05) is 12.6 Å². The normalized spacial score (nSPS) is 40.8. The summed E-state index contributed by atoms with van der Waals surface area (Å²) in [6.07, 6.45) is -3.08. The Morgan fingerprint density at radius 2 is 1.98 bits per heavy atom. The minimum atomic E-state index is -1.60. The van der Waals surface area contributed by atoms with Crippen molar-refractivity contribution < 1.29 is 39.1 Å². The maximum Gasteiger partial charge on any atom is 0.253 e. The number of hydrogen-bond acceptors (Lipinski definition) is 14. The monoisotopic (exact) mass is 599 g/mol. The topological polar surface area (TPSA) is 241 Å². The largest absolute Gasteiger partial charge is 0.467 e. The molecule has 4 aliphatic rings. The molecule has 0 bridgehead atoms. The lowest BCUT2D eigenvalue weighted by Crippen LogP contribution is -2.68. The Morgan fingerprint density at radius 1 is 1.21 bits per heavy atom. The zero-order chi connectivity index (χ0) is 30.4. The van der Waals surface area contributed by atoms with Crippen LogP contribution in [0.1, 0.15) is 25.7 Å². The van der Waals surface area contributed by atoms with Gasteiger partial charge in [-0.2, -0.15) is 0 Å². The van der Waals surface area contributed by atoms with E-state index in [1.807, 2.05) is 6.08 Å². The summed E-state index contributed by atoms with van der Waals surface area (Å²) >= 11 is 0. The molecule has 0 aromatic carbocycles. The Labute approximate surface area is 246 Å². The Hall–Kier alpha value is -1.73. The van der Waals surface area contributed by atoms with Crippen LogP contribution in [0.15, 0.2) is 24.0 Å². The summed E-state index contributed by atoms with van der Waals surface area (Å²) in [6, 6.07) is -2.60. The number of aliphatic hydroxyl groups is 3. The number of aliphatic hydroxyl groups excluding tert-OH is 2. The number of carbonyl (C=O) groups is 1. The smallest absolute Gasteiger partial charge is 0.253 e. The third-order valence-electron chi connectivity index (χ3n) is 8.37. The SMILES string of the molecule is C=C1CO[C@H](O[C@@H]2[C@@H](O)[C@H](O[C@H]3OC(CNCCCN)=CC[C@H]3N)[C@@H](N)C[C@H]2NC(=O)C2(O)CCNC2)[C@H](O)[C@H]1NC. The van der Waals surface area contributed by atoms with Crippen molar-refractivity contribution in [3.05, 3.63) is 24.0 Å². The fourth-order valence-electron chi connectivity index (χ4n) is 5.84. The number of ether oxygens (including phenoxy) is 4. The van der Waals surface area contributed by atoms with Gasteiger partial charge >= 0.3 is 0 Å². The lowest BCUT2D eigenvalue weighted by molar-refractivity contribution is -0.275. The van der Waals surface area contributed by atoms with Crippen molar-refractivity contribution >= 4 is 5.91 Å². The van der Waals surface area contributed by atoms with Crippen LogP contribution >= 0.6 is 0 Å². The molecule has 3 fully saturated rings. The predicted octanol–water partition coefficient (Wildman–Crippen LogP) is -4.18. The number of nitrogens with one attached hydrogen (secondary N) is 4. The minimum absolute atomic E-state index is 0.0989. The first-order valence-electron chi connectivity index (χ1n) is 14.7. The van der Waals surface area contributed by atoms with Crippen LogP contribution in [-0.2, 0) is 23.7 Å². The van der Waals surface area contributed by atoms with Gasteiger partial charge in [-0.15, -0.1) is 0 Å². The average molecular weight is 600 g/mol. The average Bonchev–Trinajstić information content (AvgIpc) is 3.41. The van der Waals surface area contributed by atoms with Crippen molar-refractivity contribution in [3.8, 4) is 0 Å². The second kappa shape index (κ2) is 14.8. The maximum atomic E-state index is 13.1. The fourth-order valence-corrected chi connectivity index (χ4v) is 5.84. The van der Waals surface area contributed by atoms with E-state index in [1.54, 1.807) is 7.05 Å². The van der Waals surface area contributed by atoms with E-state index in [2.05, 4.69) is 27.8 Å². The molecule has 1 aliphatic carbocycles. The number of amides is 1. The van der Waals surface area contributed by atoms with E-state index in [4.69, 9.17) is 36.1 Å². The standard InChI is InChI=1S/C27H49N7O8/c1-14-12-39-25(20(35)19(14)31-2)42-23-18(34-26(37)27(38)6-9-33-13-27)10-17(30)22(21(23)36)41-24-16(29)5-4-15(40-24)11-32-8-3-7-28/h4,16-25,31-33,35-36,38H,1,3,5-13,28-30H2,2H3,(H,34,37)/t16-,17+,18-,19+,20-,21+,22-,23+,24-,25-,27?/m1/s1. The molecular formula is C27H49N7O8. The number of β-amino-alcohol motifs (C(OH)–C–C–N with tert-alkyl or cyclic N) is 1. The third kappa shape index (κ3) is 7.67. The molecule has 4 rings (SSSR count). The second-order valence-corrected chi connectivity index (χ2v) is 11.6. The van der Waals surface area contributed by atoms with Gasteiger partial charge in [0.1, 0.15) is 30.2 Å². The van der Waals surface area contributed by atoms with Crippen molar-refractivity contribution in [1.29, 1.82) is 0 Å². The van der Waals surface area contributed by atoms with Crippen LogP contribution in [0.5, 0.6) is 0 Å². The van der Waals surface area contributed by atoms with Crippen LogP contribution in [0.25, 0.3) is 0 Å². The third-order valence-corrected chi connectivity index (χ3v) is 8.37. The highest BCUT2D eigenvalue weighted by Gasteiger charge is 2.51. The molecule has 1 amide bonds. The number of rotatable bonds is 12. The molecule has 1 unspecified atom stereocenters. The molecule has 0 aromatic heterocycles. The van der Waals surface area contributed by atoms with E-state index >= 15 is 0 Å². The van der Waals surface area contributed by atoms with Crippen LogP contribution in [0, 0.1) is 0 Å². The van der Waals surface area contributed by atoms with Crippen LogP contribution in [0.2, 0.25) is 0 Å². The fraction of sp³-hybridized carbons (Fsp3) is 0.815. The van der Waals surface area contributed by atoms with Crippen molar-refractivity contribution in [1.82, 2.24) is 21.3 Å². The summed E-state index contributed by atoms with van der Waals surface area (Å²) in [7, 11) is 1.68. The van der Waals surface area contributed by atoms with Gasteiger partial charge < -0.3 is 72.7 Å². The van der Waals surface area contributed by atoms with Crippen LogP contribution in [-0.4, -0.2) is 134 Å². The highest BCUT2D eigenvalue weighted by atomic mass is 16.7. The van der Waals surface area contributed by atoms with E-state index in [9.17, 15) is 20.1 Å². The lowest BCUT2D eigenvalue weighted by Gasteiger charge is -2.47. The quantitative estimate of drug-likeness (QED) is 0.0756. The van der Waals surface area contributed by atoms with E-state index < -0.39 is 72.7 Å². The van der Waals surface area contributed by atoms with Crippen LogP contribution < -0.4 is 38.5 Å². The summed E-state index contributed by atoms with van der Waals surface area (Å²) in [5, 5.41) is 45.4. The van der Waals surface area contributed by atoms with Gasteiger partial charge in [-0.25, -0.2) is 0 Å². The molecule has 240 valence electrons. The molecule has 15 heteroatoms. The van der Waals surface area contributed by atoms with E-state index in [-0.39, 0.29) is 26.0 Å². The second-order valence-electron chi connectivity index (χ2n) is 11.6. The van der Waals surface area contributed by atoms with Crippen LogP contribution in [0.3, 0.4) is 0 Å². The number of carbonyl (C=O) groups excluding carboxylic acids is 1. The van der Waals surface area contributed by atoms with E-state index in [1.165, 1.54) is 0 Å². The van der Waals surface area contributed by atoms with Gasteiger partial charge in [0.05, 0.1) is 31.3 Å². The van der Waals surface area contributed by atoms with Crippen molar-refractivity contribution in [2.75, 3.05) is 46.4 Å². The molecule has 3 aliphatic heterocycles. The highest BCUT2D eigenvalue weighted by Crippen LogP contribution is 2.31. The Balaban J connectivity index is 1.49. The van der Waals surface area contributed by atoms with Crippen molar-refractivity contribution in [2.45, 2.75) is 92.4 Å². The highest BCUT2D eigenvalue weighted by molar-refractivity contribution is 5.86. The summed E-state index contributed by atoms with van der Waals surface area (Å²) in [5.74, 6) is 0.0528. The molecule has 0 radical (unpaired) electrons. The molecule has 3 heterocycles. The van der Waals surface area contributed by atoms with Gasteiger partial charge in [-0.05, 0) is 64.0 Å². The lowest BCUT2D eigenvalue weighted by atomic mass is 9.83. The van der Waals surface area contributed by atoms with Crippen molar-refractivity contribution in [2.24, 2.45) is 17.2 Å². The Morgan fingerprint density at radius 3 is 2.67 bits per heavy atom. The summed E-state index contributed by atoms with van der Waals surface area (Å²) in [6.45, 7) is 6.42. The minimum Gasteiger partial charge on any atom is -0.467 e. The Kier molecular flexibility index (Phi) is 11.7. The summed E-state index contributed by atoms with van der Waals surface area (Å²) in [4.78, 5) is 13.1. The van der Waals surface area contributed by atoms with E-state index in [0.717, 1.165) is 13.0 Å². The zero-order valence-electron chi connectivity index (χ0n) is 24.2. The molecule has 42 heavy (non-hydrogen) atoms. The van der Waals surface area contributed by atoms with Crippen molar-refractivity contribution in [3.63, 3.8) is 0 Å². The molecule has 13 N–H and O–H groups in total. The number of nitrogens with two attached hydrogens (primary N) is 3. The molecule has 1 saturated carbocycles. The first-order valence-corrected chi connectivity index (χ1v) is 14.7. The number of hydrogen-bond donors (Lipinski definition) is 10. The summed E-state index contributed by atoms with van der Waals surface area (Å²) < 4.78 is 24.1. The predicted molar refractivity (Wildman–Crippen MR) is 153 cm³/mol. The van der Waals surface area contributed by atoms with Crippen LogP contribution in [0.4, 0.5) is 0 Å². The van der Waals surface area contributed by atoms with Gasteiger partial charge in [-0.1, -0.05) is 6.58 Å². The Bertz CT molecular complexity index is 951. The summed E-state index contributed by atoms with van der Waals surface area (Å²) in [5.41, 5.74) is 17.4. The maximum absolute atomic E-state index is 13.1. The molecule has 0 spiro atoms. The van der Waals surface area contributed by atoms with Gasteiger partial charge in [-0.3, -0.25) is 4.79 Å². The van der Waals surface area contributed by atoms with Gasteiger partial charge in [0.2, 0.25) is 6.29 Å². The zero-order valence-corrected chi connectivity index (χ0v) is 24.2. The molecule has 0 aromatic rings. The van der Waals surface area contributed by atoms with Gasteiger partial charge in [0.15, 0.2) is 11.9 Å².